The maximum atomic E-state index is 5.85. The summed E-state index contributed by atoms with van der Waals surface area (Å²) in [6.45, 7) is 5.36. The third-order valence-electron chi connectivity index (χ3n) is 3.37. The van der Waals surface area contributed by atoms with E-state index in [1.54, 1.807) is 0 Å². The smallest absolute Gasteiger partial charge is 0.0810 e. The lowest BCUT2D eigenvalue weighted by atomic mass is 10.2. The lowest BCUT2D eigenvalue weighted by Crippen LogP contribution is -2.26. The zero-order valence-electron chi connectivity index (χ0n) is 12.2. The van der Waals surface area contributed by atoms with E-state index in [4.69, 9.17) is 9.47 Å². The second-order valence-corrected chi connectivity index (χ2v) is 5.00. The maximum Gasteiger partial charge on any atom is 0.0810 e. The molecule has 20 heavy (non-hydrogen) atoms. The largest absolute Gasteiger partial charge is 0.371 e. The van der Waals surface area contributed by atoms with Crippen molar-refractivity contribution < 1.29 is 9.47 Å². The molecule has 2 aromatic carbocycles. The first-order chi connectivity index (χ1) is 9.75. The maximum absolute atomic E-state index is 5.85. The van der Waals surface area contributed by atoms with Gasteiger partial charge in [0.1, 0.15) is 0 Å². The van der Waals surface area contributed by atoms with Crippen molar-refractivity contribution in [2.75, 3.05) is 0 Å². The molecule has 0 aliphatic rings. The molecule has 0 amide bonds. The molecule has 0 saturated heterocycles. The van der Waals surface area contributed by atoms with Crippen LogP contribution in [-0.2, 0) is 22.7 Å². The molecular formula is C18H22O2. The standard InChI is InChI=1S/C18H22O2/c1-15(19-13-17-9-5-3-6-10-17)16(2)20-14-18-11-7-4-8-12-18/h3-12,15-16H,13-14H2,1-2H3. The Hall–Kier alpha value is -1.64. The second kappa shape index (κ2) is 7.83. The van der Waals surface area contributed by atoms with Gasteiger partial charge in [-0.2, -0.15) is 0 Å². The van der Waals surface area contributed by atoms with E-state index >= 15 is 0 Å². The highest BCUT2D eigenvalue weighted by molar-refractivity contribution is 5.14. The lowest BCUT2D eigenvalue weighted by Gasteiger charge is -2.21. The number of ether oxygens (including phenoxy) is 2. The molecule has 2 unspecified atom stereocenters. The molecule has 0 fully saturated rings. The van der Waals surface area contributed by atoms with Crippen molar-refractivity contribution in [1.82, 2.24) is 0 Å². The van der Waals surface area contributed by atoms with Crippen LogP contribution in [0.1, 0.15) is 25.0 Å². The lowest BCUT2D eigenvalue weighted by molar-refractivity contribution is -0.0686. The molecule has 106 valence electrons. The number of benzene rings is 2. The highest BCUT2D eigenvalue weighted by atomic mass is 16.5. The average Bonchev–Trinajstić information content (AvgIpc) is 2.52. The van der Waals surface area contributed by atoms with Crippen molar-refractivity contribution in [3.8, 4) is 0 Å². The minimum absolute atomic E-state index is 0.0684. The van der Waals surface area contributed by atoms with E-state index in [1.807, 2.05) is 36.4 Å². The Labute approximate surface area is 121 Å². The normalized spacial score (nSPS) is 13.9. The van der Waals surface area contributed by atoms with Crippen LogP contribution in [0, 0.1) is 0 Å². The molecule has 0 aliphatic heterocycles. The van der Waals surface area contributed by atoms with E-state index in [0.29, 0.717) is 13.2 Å². The number of rotatable bonds is 7. The second-order valence-electron chi connectivity index (χ2n) is 5.00. The van der Waals surface area contributed by atoms with Gasteiger partial charge in [-0.3, -0.25) is 0 Å². The Balaban J connectivity index is 1.73. The fraction of sp³-hybridized carbons (Fsp3) is 0.333. The average molecular weight is 270 g/mol. The van der Waals surface area contributed by atoms with Crippen LogP contribution >= 0.6 is 0 Å². The highest BCUT2D eigenvalue weighted by Gasteiger charge is 2.13. The van der Waals surface area contributed by atoms with E-state index < -0.39 is 0 Å². The Morgan fingerprint density at radius 2 is 1.00 bits per heavy atom. The first-order valence-electron chi connectivity index (χ1n) is 7.07. The van der Waals surface area contributed by atoms with Crippen LogP contribution in [0.5, 0.6) is 0 Å². The van der Waals surface area contributed by atoms with E-state index in [1.165, 1.54) is 11.1 Å². The molecule has 2 heteroatoms. The van der Waals surface area contributed by atoms with Gasteiger partial charge in [0.05, 0.1) is 25.4 Å². The molecule has 0 heterocycles. The minimum atomic E-state index is 0.0684. The molecule has 2 nitrogen and oxygen atoms in total. The quantitative estimate of drug-likeness (QED) is 0.751. The van der Waals surface area contributed by atoms with Crippen LogP contribution in [0.3, 0.4) is 0 Å². The van der Waals surface area contributed by atoms with Crippen molar-refractivity contribution in [2.24, 2.45) is 0 Å². The van der Waals surface area contributed by atoms with Crippen LogP contribution in [0.15, 0.2) is 60.7 Å². The molecular weight excluding hydrogens is 248 g/mol. The molecule has 2 rings (SSSR count). The molecule has 2 atom stereocenters. The fourth-order valence-corrected chi connectivity index (χ4v) is 1.87. The summed E-state index contributed by atoms with van der Waals surface area (Å²) in [4.78, 5) is 0. The molecule has 0 radical (unpaired) electrons. The van der Waals surface area contributed by atoms with E-state index in [2.05, 4.69) is 38.1 Å². The van der Waals surface area contributed by atoms with Gasteiger partial charge in [0.2, 0.25) is 0 Å². The van der Waals surface area contributed by atoms with Gasteiger partial charge in [0, 0.05) is 0 Å². The summed E-state index contributed by atoms with van der Waals surface area (Å²) in [5.41, 5.74) is 2.38. The monoisotopic (exact) mass is 270 g/mol. The molecule has 2 aromatic rings. The third-order valence-corrected chi connectivity index (χ3v) is 3.37. The molecule has 0 spiro atoms. The van der Waals surface area contributed by atoms with Crippen LogP contribution < -0.4 is 0 Å². The van der Waals surface area contributed by atoms with Gasteiger partial charge in [-0.25, -0.2) is 0 Å². The van der Waals surface area contributed by atoms with Crippen LogP contribution in [0.25, 0.3) is 0 Å². The summed E-state index contributed by atoms with van der Waals surface area (Å²) in [6, 6.07) is 20.4. The predicted octanol–water partition coefficient (Wildman–Crippen LogP) is 4.20. The summed E-state index contributed by atoms with van der Waals surface area (Å²) in [6.07, 6.45) is 0.137. The SMILES string of the molecule is CC(OCc1ccccc1)C(C)OCc1ccccc1. The van der Waals surface area contributed by atoms with Gasteiger partial charge in [0.25, 0.3) is 0 Å². The Bertz CT molecular complexity index is 434. The molecule has 0 N–H and O–H groups in total. The summed E-state index contributed by atoms with van der Waals surface area (Å²) >= 11 is 0. The van der Waals surface area contributed by atoms with Crippen molar-refractivity contribution in [1.29, 1.82) is 0 Å². The first-order valence-corrected chi connectivity index (χ1v) is 7.07. The van der Waals surface area contributed by atoms with Crippen LogP contribution in [0.2, 0.25) is 0 Å². The Kier molecular flexibility index (Phi) is 5.78. The van der Waals surface area contributed by atoms with Crippen molar-refractivity contribution in [2.45, 2.75) is 39.3 Å². The summed E-state index contributed by atoms with van der Waals surface area (Å²) in [5, 5.41) is 0. The first kappa shape index (κ1) is 14.8. The number of hydrogen-bond donors (Lipinski definition) is 0. The van der Waals surface area contributed by atoms with E-state index in [0.717, 1.165) is 0 Å². The van der Waals surface area contributed by atoms with E-state index in [9.17, 15) is 0 Å². The number of hydrogen-bond acceptors (Lipinski definition) is 2. The Morgan fingerprint density at radius 3 is 1.35 bits per heavy atom. The fourth-order valence-electron chi connectivity index (χ4n) is 1.87. The summed E-state index contributed by atoms with van der Waals surface area (Å²) in [5.74, 6) is 0. The Morgan fingerprint density at radius 1 is 0.650 bits per heavy atom. The summed E-state index contributed by atoms with van der Waals surface area (Å²) < 4.78 is 11.7. The van der Waals surface area contributed by atoms with Crippen molar-refractivity contribution >= 4 is 0 Å². The zero-order chi connectivity index (χ0) is 14.2. The predicted molar refractivity (Wildman–Crippen MR) is 81.4 cm³/mol. The van der Waals surface area contributed by atoms with Gasteiger partial charge in [-0.15, -0.1) is 0 Å². The van der Waals surface area contributed by atoms with Gasteiger partial charge in [0.15, 0.2) is 0 Å². The van der Waals surface area contributed by atoms with E-state index in [-0.39, 0.29) is 12.2 Å². The molecule has 0 bridgehead atoms. The van der Waals surface area contributed by atoms with Crippen molar-refractivity contribution in [3.63, 3.8) is 0 Å². The van der Waals surface area contributed by atoms with Crippen LogP contribution in [-0.4, -0.2) is 12.2 Å². The molecule has 0 aliphatic carbocycles. The van der Waals surface area contributed by atoms with Gasteiger partial charge in [-0.05, 0) is 25.0 Å². The molecule has 0 aromatic heterocycles. The van der Waals surface area contributed by atoms with Crippen LogP contribution in [0.4, 0.5) is 0 Å². The van der Waals surface area contributed by atoms with Gasteiger partial charge >= 0.3 is 0 Å². The zero-order valence-corrected chi connectivity index (χ0v) is 12.2. The van der Waals surface area contributed by atoms with Gasteiger partial charge < -0.3 is 9.47 Å². The minimum Gasteiger partial charge on any atom is -0.371 e. The summed E-state index contributed by atoms with van der Waals surface area (Å²) in [7, 11) is 0. The highest BCUT2D eigenvalue weighted by Crippen LogP contribution is 2.10. The van der Waals surface area contributed by atoms with Gasteiger partial charge in [-0.1, -0.05) is 60.7 Å². The topological polar surface area (TPSA) is 18.5 Å². The molecule has 0 saturated carbocycles. The van der Waals surface area contributed by atoms with Crippen molar-refractivity contribution in [3.05, 3.63) is 71.8 Å². The third kappa shape index (κ3) is 4.80.